The second-order valence-electron chi connectivity index (χ2n) is 7.39. The maximum atomic E-state index is 13.3. The van der Waals surface area contributed by atoms with Crippen molar-refractivity contribution in [3.05, 3.63) is 23.3 Å². The van der Waals surface area contributed by atoms with E-state index in [2.05, 4.69) is 0 Å². The number of benzene rings is 1. The maximum Gasteiger partial charge on any atom is 0.323 e. The molecule has 4 unspecified atom stereocenters. The molecular formula is C24H38N2O4. The number of fused-ring (bicyclic) bond motifs is 3. The van der Waals surface area contributed by atoms with Crippen LogP contribution in [0.3, 0.4) is 0 Å². The minimum atomic E-state index is -4.11. The van der Waals surface area contributed by atoms with Gasteiger partial charge in [0.2, 0.25) is 0 Å². The first-order chi connectivity index (χ1) is 20.3. The summed E-state index contributed by atoms with van der Waals surface area (Å²) in [5.41, 5.74) is 5.51. The number of hydrogen-bond acceptors (Lipinski definition) is 6. The van der Waals surface area contributed by atoms with Crippen molar-refractivity contribution in [2.75, 3.05) is 27.2 Å². The summed E-state index contributed by atoms with van der Waals surface area (Å²) in [6.45, 7) is -4.51. The average Bonchev–Trinajstić information content (AvgIpc) is 2.88. The van der Waals surface area contributed by atoms with E-state index < -0.39 is 87.1 Å². The molecule has 3 rings (SSSR count). The van der Waals surface area contributed by atoms with Crippen LogP contribution >= 0.6 is 0 Å². The van der Waals surface area contributed by atoms with Gasteiger partial charge in [-0.1, -0.05) is 27.6 Å². The van der Waals surface area contributed by atoms with Gasteiger partial charge in [0.15, 0.2) is 11.5 Å². The average molecular weight is 435 g/mol. The summed E-state index contributed by atoms with van der Waals surface area (Å²) in [7, 11) is -1.85. The molecule has 1 aromatic rings. The highest BCUT2D eigenvalue weighted by molar-refractivity contribution is 5.76. The largest absolute Gasteiger partial charge is 0.493 e. The molecule has 6 nitrogen and oxygen atoms in total. The molecular weight excluding hydrogens is 380 g/mol. The number of nitrogens with two attached hydrogens (primary N) is 1. The molecule has 168 valence electrons. The van der Waals surface area contributed by atoms with Crippen molar-refractivity contribution in [3.8, 4) is 11.5 Å². The third kappa shape index (κ3) is 4.75. The summed E-state index contributed by atoms with van der Waals surface area (Å²) in [4.78, 5) is 13.7. The van der Waals surface area contributed by atoms with Crippen LogP contribution in [0.1, 0.15) is 79.4 Å². The molecule has 0 saturated carbocycles. The Morgan fingerprint density at radius 1 is 1.43 bits per heavy atom. The summed E-state index contributed by atoms with van der Waals surface area (Å²) < 4.78 is 153. The van der Waals surface area contributed by atoms with E-state index >= 15 is 0 Å². The third-order valence-electron chi connectivity index (χ3n) is 4.84. The molecule has 0 radical (unpaired) electrons. The van der Waals surface area contributed by atoms with E-state index in [-0.39, 0.29) is 23.5 Å². The van der Waals surface area contributed by atoms with Gasteiger partial charge in [0, 0.05) is 46.4 Å². The van der Waals surface area contributed by atoms with Crippen LogP contribution in [-0.2, 0) is 16.0 Å². The fraction of sp³-hybridized carbons (Fsp3) is 0.708. The van der Waals surface area contributed by atoms with Gasteiger partial charge in [0.1, 0.15) is 12.1 Å². The van der Waals surface area contributed by atoms with Gasteiger partial charge < -0.3 is 19.9 Å². The molecule has 0 aliphatic carbocycles. The Kier molecular flexibility index (Phi) is 3.12. The highest BCUT2D eigenvalue weighted by Gasteiger charge is 2.41. The zero-order valence-electron chi connectivity index (χ0n) is 33.4. The van der Waals surface area contributed by atoms with Crippen LogP contribution in [0.2, 0.25) is 0 Å². The minimum absolute atomic E-state index is 0.0341. The lowest BCUT2D eigenvalue weighted by Gasteiger charge is -2.47. The molecule has 5 atom stereocenters. The number of piperidine rings is 1. The van der Waals surface area contributed by atoms with Crippen molar-refractivity contribution in [3.63, 3.8) is 0 Å². The highest BCUT2D eigenvalue weighted by Crippen LogP contribution is 2.44. The predicted octanol–water partition coefficient (Wildman–Crippen LogP) is 3.56. The number of rotatable bonds is 7. The van der Waals surface area contributed by atoms with Crippen LogP contribution in [0.15, 0.2) is 12.1 Å². The van der Waals surface area contributed by atoms with Crippen molar-refractivity contribution >= 4 is 5.97 Å². The Balaban J connectivity index is 2.51. The summed E-state index contributed by atoms with van der Waals surface area (Å²) in [6, 6.07) is -2.65. The molecule has 0 bridgehead atoms. The predicted molar refractivity (Wildman–Crippen MR) is 118 cm³/mol. The Bertz CT molecular complexity index is 1370. The zero-order valence-corrected chi connectivity index (χ0v) is 17.4. The monoisotopic (exact) mass is 434 g/mol. The molecule has 30 heavy (non-hydrogen) atoms. The summed E-state index contributed by atoms with van der Waals surface area (Å²) in [5, 5.41) is 0. The highest BCUT2D eigenvalue weighted by atomic mass is 16.5. The van der Waals surface area contributed by atoms with Gasteiger partial charge in [-0.3, -0.25) is 9.69 Å². The minimum Gasteiger partial charge on any atom is -0.493 e. The van der Waals surface area contributed by atoms with Gasteiger partial charge >= 0.3 is 5.97 Å². The van der Waals surface area contributed by atoms with Crippen molar-refractivity contribution in [2.24, 2.45) is 23.4 Å². The van der Waals surface area contributed by atoms with Gasteiger partial charge in [-0.15, -0.1) is 0 Å². The fourth-order valence-electron chi connectivity index (χ4n) is 3.15. The van der Waals surface area contributed by atoms with Crippen LogP contribution in [-0.4, -0.2) is 50.2 Å². The SMILES string of the molecule is [2H]C([2H])([2H])Oc1cc2c(cc1OC)C1([2H])N(CC2)C([2H])([2H])C([2H])(C([2H])([2H])C([2H])(C)C([2H])([2H])[2H])C([2H])(OC(=O)[C@@H](N)C(C)C)C1([2H])[2H]. The van der Waals surface area contributed by atoms with Gasteiger partial charge in [0.05, 0.1) is 21.0 Å². The summed E-state index contributed by atoms with van der Waals surface area (Å²) >= 11 is 0. The van der Waals surface area contributed by atoms with E-state index in [0.29, 0.717) is 11.8 Å². The number of ether oxygens (including phenoxy) is 3. The standard InChI is InChI=1S/C24H38N2O4/c1-14(2)9-17-13-26-8-7-16-10-21(28-5)22(29-6)11-18(16)19(26)12-20(17)30-24(27)23(25)15(3)4/h10-11,14-15,17,19-20,23H,7-9,12-13,25H2,1-6H3/t17?,19?,20?,23-/m0/s1/i1D3,5D3,9D2,12D2,13D2,14D,17D,19D,20D/t14?,17?,19?,20?,23-. The van der Waals surface area contributed by atoms with Crippen molar-refractivity contribution in [1.82, 2.24) is 4.90 Å². The molecule has 0 spiro atoms. The lowest BCUT2D eigenvalue weighted by atomic mass is 9.79. The van der Waals surface area contributed by atoms with Crippen molar-refractivity contribution in [2.45, 2.75) is 64.9 Å². The van der Waals surface area contributed by atoms with Crippen molar-refractivity contribution in [1.29, 1.82) is 0 Å². The van der Waals surface area contributed by atoms with E-state index in [1.807, 2.05) is 0 Å². The second kappa shape index (κ2) is 9.56. The van der Waals surface area contributed by atoms with Gasteiger partial charge in [-0.25, -0.2) is 0 Å². The molecule has 2 heterocycles. The topological polar surface area (TPSA) is 74.0 Å². The molecule has 2 N–H and O–H groups in total. The molecule has 6 heteroatoms. The molecule has 1 saturated heterocycles. The first kappa shape index (κ1) is 9.78. The number of hydrogen-bond donors (Lipinski definition) is 1. The van der Waals surface area contributed by atoms with Crippen LogP contribution in [0.25, 0.3) is 0 Å². The Morgan fingerprint density at radius 2 is 2.20 bits per heavy atom. The number of esters is 1. The first-order valence-electron chi connectivity index (χ1n) is 17.5. The van der Waals surface area contributed by atoms with Crippen molar-refractivity contribution < 1.29 is 40.9 Å². The number of methoxy groups -OCH3 is 2. The molecule has 1 fully saturated rings. The molecule has 2 aliphatic rings. The number of carbonyl (C=O) groups is 1. The van der Waals surface area contributed by atoms with E-state index in [1.165, 1.54) is 13.8 Å². The zero-order chi connectivity index (χ0) is 36.1. The Morgan fingerprint density at radius 3 is 2.87 bits per heavy atom. The van der Waals surface area contributed by atoms with E-state index in [0.717, 1.165) is 19.2 Å². The summed E-state index contributed by atoms with van der Waals surface area (Å²) in [5.74, 6) is -10.5. The van der Waals surface area contributed by atoms with Crippen LogP contribution in [0.4, 0.5) is 0 Å². The fourth-order valence-corrected chi connectivity index (χ4v) is 3.15. The molecule has 0 amide bonds. The smallest absolute Gasteiger partial charge is 0.323 e. The number of nitrogens with zero attached hydrogens (tertiary/aromatic N) is 1. The van der Waals surface area contributed by atoms with Crippen LogP contribution < -0.4 is 15.2 Å². The van der Waals surface area contributed by atoms with Gasteiger partial charge in [-0.2, -0.15) is 0 Å². The summed E-state index contributed by atoms with van der Waals surface area (Å²) in [6.07, 6.45) is -12.2. The quantitative estimate of drug-likeness (QED) is 0.662. The Labute approximate surface area is 203 Å². The lowest BCUT2D eigenvalue weighted by Crippen LogP contribution is -2.51. The van der Waals surface area contributed by atoms with E-state index in [1.54, 1.807) is 0 Å². The maximum absolute atomic E-state index is 13.3. The second-order valence-corrected chi connectivity index (χ2v) is 7.39. The number of carbonyl (C=O) groups excluding carboxylic acids is 1. The molecule has 1 aromatic carbocycles. The van der Waals surface area contributed by atoms with E-state index in [4.69, 9.17) is 32.3 Å². The molecule has 0 aromatic heterocycles. The normalized spacial score (nSPS) is 46.7. The molecule has 2 aliphatic heterocycles. The Hall–Kier alpha value is -1.79. The van der Waals surface area contributed by atoms with E-state index in [9.17, 15) is 14.4 Å². The van der Waals surface area contributed by atoms with Gasteiger partial charge in [0.25, 0.3) is 0 Å². The van der Waals surface area contributed by atoms with Crippen LogP contribution in [0, 0.1) is 17.7 Å². The lowest BCUT2D eigenvalue weighted by molar-refractivity contribution is -0.160. The third-order valence-corrected chi connectivity index (χ3v) is 4.84. The van der Waals surface area contributed by atoms with Gasteiger partial charge in [-0.05, 0) is 47.9 Å². The first-order valence-corrected chi connectivity index (χ1v) is 9.51. The van der Waals surface area contributed by atoms with Crippen LogP contribution in [0.5, 0.6) is 11.5 Å².